The summed E-state index contributed by atoms with van der Waals surface area (Å²) in [7, 11) is 0. The molecule has 0 aromatic rings. The third-order valence-corrected chi connectivity index (χ3v) is 2.09. The van der Waals surface area contributed by atoms with E-state index in [2.05, 4.69) is 40.0 Å². The van der Waals surface area contributed by atoms with Crippen LogP contribution in [0.4, 0.5) is 0 Å². The van der Waals surface area contributed by atoms with Crippen LogP contribution in [0.25, 0.3) is 0 Å². The third-order valence-electron chi connectivity index (χ3n) is 2.09. The Morgan fingerprint density at radius 1 is 1.36 bits per heavy atom. The van der Waals surface area contributed by atoms with Crippen molar-refractivity contribution in [1.82, 2.24) is 0 Å². The predicted octanol–water partition coefficient (Wildman–Crippen LogP) is 3.72. The van der Waals surface area contributed by atoms with E-state index in [1.54, 1.807) is 0 Å². The number of allylic oxidation sites excluding steroid dienone is 4. The molecule has 0 radical (unpaired) electrons. The molecule has 11 heavy (non-hydrogen) atoms. The standard InChI is InChI=1S/C11H18/c1-6-8-10(3)11(4,5)9-7-2/h6-8H,1-2,9H2,3-5H3. The maximum Gasteiger partial charge on any atom is -0.0110 e. The van der Waals surface area contributed by atoms with E-state index in [0.717, 1.165) is 6.42 Å². The Morgan fingerprint density at radius 3 is 2.27 bits per heavy atom. The Hall–Kier alpha value is -0.780. The molecule has 0 N–H and O–H groups in total. The minimum Gasteiger partial charge on any atom is -0.103 e. The van der Waals surface area contributed by atoms with E-state index >= 15 is 0 Å². The summed E-state index contributed by atoms with van der Waals surface area (Å²) in [5.41, 5.74) is 1.59. The quantitative estimate of drug-likeness (QED) is 0.423. The van der Waals surface area contributed by atoms with Gasteiger partial charge in [0.1, 0.15) is 0 Å². The molecule has 0 saturated carbocycles. The summed E-state index contributed by atoms with van der Waals surface area (Å²) >= 11 is 0. The van der Waals surface area contributed by atoms with E-state index < -0.39 is 0 Å². The maximum atomic E-state index is 3.74. The van der Waals surface area contributed by atoms with Crippen molar-refractivity contribution < 1.29 is 0 Å². The average Bonchev–Trinajstić information content (AvgIpc) is 1.88. The smallest absolute Gasteiger partial charge is 0.0110 e. The van der Waals surface area contributed by atoms with Crippen LogP contribution >= 0.6 is 0 Å². The molecule has 0 aliphatic heterocycles. The van der Waals surface area contributed by atoms with E-state index in [9.17, 15) is 0 Å². The molecular weight excluding hydrogens is 132 g/mol. The third kappa shape index (κ3) is 3.22. The van der Waals surface area contributed by atoms with Gasteiger partial charge >= 0.3 is 0 Å². The molecule has 0 atom stereocenters. The van der Waals surface area contributed by atoms with Crippen molar-refractivity contribution in [1.29, 1.82) is 0 Å². The highest BCUT2D eigenvalue weighted by Crippen LogP contribution is 2.29. The molecule has 0 aromatic carbocycles. The van der Waals surface area contributed by atoms with E-state index in [1.165, 1.54) is 5.57 Å². The lowest BCUT2D eigenvalue weighted by Gasteiger charge is -2.23. The summed E-state index contributed by atoms with van der Waals surface area (Å²) in [5, 5.41) is 0. The molecule has 0 aromatic heterocycles. The average molecular weight is 150 g/mol. The Morgan fingerprint density at radius 2 is 1.91 bits per heavy atom. The second-order valence-electron chi connectivity index (χ2n) is 3.46. The van der Waals surface area contributed by atoms with Gasteiger partial charge in [-0.25, -0.2) is 0 Å². The molecule has 0 amide bonds. The summed E-state index contributed by atoms with van der Waals surface area (Å²) in [6.45, 7) is 14.0. The molecule has 0 heteroatoms. The van der Waals surface area contributed by atoms with Crippen molar-refractivity contribution in [2.24, 2.45) is 5.41 Å². The molecule has 0 aliphatic carbocycles. The van der Waals surface area contributed by atoms with Crippen LogP contribution in [0.15, 0.2) is 37.0 Å². The van der Waals surface area contributed by atoms with Crippen LogP contribution in [0.1, 0.15) is 27.2 Å². The van der Waals surface area contributed by atoms with E-state index in [0.29, 0.717) is 0 Å². The fraction of sp³-hybridized carbons (Fsp3) is 0.455. The summed E-state index contributed by atoms with van der Waals surface area (Å²) < 4.78 is 0. The number of rotatable bonds is 4. The van der Waals surface area contributed by atoms with Gasteiger partial charge in [0, 0.05) is 0 Å². The van der Waals surface area contributed by atoms with Crippen LogP contribution in [-0.4, -0.2) is 0 Å². The van der Waals surface area contributed by atoms with Gasteiger partial charge in [-0.1, -0.05) is 44.2 Å². The van der Waals surface area contributed by atoms with Gasteiger partial charge in [-0.2, -0.15) is 0 Å². The zero-order valence-electron chi connectivity index (χ0n) is 7.85. The van der Waals surface area contributed by atoms with Crippen molar-refractivity contribution in [3.05, 3.63) is 37.0 Å². The summed E-state index contributed by atoms with van der Waals surface area (Å²) in [4.78, 5) is 0. The van der Waals surface area contributed by atoms with Gasteiger partial charge in [-0.3, -0.25) is 0 Å². The molecule has 0 nitrogen and oxygen atoms in total. The molecule has 0 saturated heterocycles. The zero-order valence-corrected chi connectivity index (χ0v) is 7.85. The first-order valence-electron chi connectivity index (χ1n) is 3.95. The van der Waals surface area contributed by atoms with Gasteiger partial charge in [0.25, 0.3) is 0 Å². The van der Waals surface area contributed by atoms with E-state index in [1.807, 2.05) is 12.2 Å². The molecule has 0 spiro atoms. The highest BCUT2D eigenvalue weighted by atomic mass is 14.2. The van der Waals surface area contributed by atoms with Crippen molar-refractivity contribution in [2.75, 3.05) is 0 Å². The molecule has 0 aliphatic rings. The van der Waals surface area contributed by atoms with Crippen LogP contribution in [0.2, 0.25) is 0 Å². The first-order chi connectivity index (χ1) is 5.04. The fourth-order valence-corrected chi connectivity index (χ4v) is 0.924. The Kier molecular flexibility index (Phi) is 3.88. The van der Waals surface area contributed by atoms with Crippen molar-refractivity contribution >= 4 is 0 Å². The van der Waals surface area contributed by atoms with Gasteiger partial charge in [0.2, 0.25) is 0 Å². The Balaban J connectivity index is 4.39. The summed E-state index contributed by atoms with van der Waals surface area (Å²) in [5.74, 6) is 0. The monoisotopic (exact) mass is 150 g/mol. The predicted molar refractivity (Wildman–Crippen MR) is 52.5 cm³/mol. The normalized spacial score (nSPS) is 12.8. The van der Waals surface area contributed by atoms with Crippen molar-refractivity contribution in [2.45, 2.75) is 27.2 Å². The van der Waals surface area contributed by atoms with Crippen LogP contribution < -0.4 is 0 Å². The Bertz CT molecular complexity index is 170. The Labute approximate surface area is 70.3 Å². The lowest BCUT2D eigenvalue weighted by atomic mass is 9.82. The van der Waals surface area contributed by atoms with Gasteiger partial charge in [-0.05, 0) is 18.8 Å². The lowest BCUT2D eigenvalue weighted by Crippen LogP contribution is -2.11. The van der Waals surface area contributed by atoms with Crippen LogP contribution in [-0.2, 0) is 0 Å². The molecular formula is C11H18. The number of hydrogen-bond donors (Lipinski definition) is 0. The molecule has 0 bridgehead atoms. The highest BCUT2D eigenvalue weighted by Gasteiger charge is 2.16. The molecule has 0 rings (SSSR count). The van der Waals surface area contributed by atoms with Crippen LogP contribution in [0, 0.1) is 5.41 Å². The van der Waals surface area contributed by atoms with E-state index in [-0.39, 0.29) is 5.41 Å². The summed E-state index contributed by atoms with van der Waals surface area (Å²) in [6.07, 6.45) is 6.87. The van der Waals surface area contributed by atoms with Crippen LogP contribution in [0.3, 0.4) is 0 Å². The number of hydrogen-bond acceptors (Lipinski definition) is 0. The second-order valence-corrected chi connectivity index (χ2v) is 3.46. The van der Waals surface area contributed by atoms with Gasteiger partial charge < -0.3 is 0 Å². The van der Waals surface area contributed by atoms with Gasteiger partial charge in [0.15, 0.2) is 0 Å². The van der Waals surface area contributed by atoms with E-state index in [4.69, 9.17) is 0 Å². The summed E-state index contributed by atoms with van der Waals surface area (Å²) in [6, 6.07) is 0. The largest absolute Gasteiger partial charge is 0.103 e. The lowest BCUT2D eigenvalue weighted by molar-refractivity contribution is 0.454. The minimum atomic E-state index is 0.232. The zero-order chi connectivity index (χ0) is 8.91. The topological polar surface area (TPSA) is 0 Å². The minimum absolute atomic E-state index is 0.232. The first-order valence-corrected chi connectivity index (χ1v) is 3.95. The molecule has 0 heterocycles. The second kappa shape index (κ2) is 4.17. The molecule has 0 fully saturated rings. The molecule has 62 valence electrons. The van der Waals surface area contributed by atoms with Gasteiger partial charge in [-0.15, -0.1) is 6.58 Å². The van der Waals surface area contributed by atoms with Crippen molar-refractivity contribution in [3.63, 3.8) is 0 Å². The van der Waals surface area contributed by atoms with Crippen molar-refractivity contribution in [3.8, 4) is 0 Å². The van der Waals surface area contributed by atoms with Gasteiger partial charge in [0.05, 0.1) is 0 Å². The maximum absolute atomic E-state index is 3.74. The van der Waals surface area contributed by atoms with Crippen LogP contribution in [0.5, 0.6) is 0 Å². The SMILES string of the molecule is C=CC=C(C)C(C)(C)CC=C. The molecule has 0 unspecified atom stereocenters. The highest BCUT2D eigenvalue weighted by molar-refractivity contribution is 5.16. The first kappa shape index (κ1) is 10.2. The fourth-order valence-electron chi connectivity index (χ4n) is 0.924.